The molecule has 2 saturated carbocycles. The van der Waals surface area contributed by atoms with Gasteiger partial charge in [0.25, 0.3) is 0 Å². The first-order valence-electron chi connectivity index (χ1n) is 7.63. The van der Waals surface area contributed by atoms with E-state index in [2.05, 4.69) is 12.2 Å². The molecule has 0 spiro atoms. The number of unbranched alkanes of at least 4 members (excludes halogenated alkanes) is 3. The van der Waals surface area contributed by atoms with Crippen molar-refractivity contribution < 1.29 is 0 Å². The van der Waals surface area contributed by atoms with E-state index in [9.17, 15) is 0 Å². The summed E-state index contributed by atoms with van der Waals surface area (Å²) >= 11 is 0. The summed E-state index contributed by atoms with van der Waals surface area (Å²) in [6.45, 7) is 3.63. The van der Waals surface area contributed by atoms with Crippen molar-refractivity contribution in [3.63, 3.8) is 0 Å². The smallest absolute Gasteiger partial charge is 0.00683 e. The molecule has 2 aliphatic rings. The Morgan fingerprint density at radius 3 is 2.50 bits per heavy atom. The third kappa shape index (κ3) is 4.08. The lowest BCUT2D eigenvalue weighted by Crippen LogP contribution is -2.26. The lowest BCUT2D eigenvalue weighted by molar-refractivity contribution is 0.335. The predicted octanol–water partition coefficient (Wildman–Crippen LogP) is 4.13. The van der Waals surface area contributed by atoms with Crippen LogP contribution in [0.2, 0.25) is 0 Å². The Bertz CT molecular complexity index is 186. The van der Waals surface area contributed by atoms with Crippen LogP contribution in [0.1, 0.15) is 71.1 Å². The van der Waals surface area contributed by atoms with E-state index in [1.54, 1.807) is 0 Å². The largest absolute Gasteiger partial charge is 0.314 e. The lowest BCUT2D eigenvalue weighted by atomic mass is 9.90. The first kappa shape index (κ1) is 12.4. The molecule has 0 heterocycles. The second-order valence-corrected chi connectivity index (χ2v) is 5.98. The van der Waals surface area contributed by atoms with Gasteiger partial charge in [-0.1, -0.05) is 51.9 Å². The van der Waals surface area contributed by atoms with E-state index in [0.29, 0.717) is 0 Å². The Labute approximate surface area is 101 Å². The molecule has 2 aliphatic carbocycles. The monoisotopic (exact) mass is 223 g/mol. The molecule has 2 atom stereocenters. The van der Waals surface area contributed by atoms with E-state index in [1.165, 1.54) is 70.8 Å². The van der Waals surface area contributed by atoms with Gasteiger partial charge in [-0.3, -0.25) is 0 Å². The average molecular weight is 223 g/mol. The van der Waals surface area contributed by atoms with Crippen LogP contribution in [0.5, 0.6) is 0 Å². The molecule has 0 amide bonds. The van der Waals surface area contributed by atoms with Crippen molar-refractivity contribution in [3.8, 4) is 0 Å². The van der Waals surface area contributed by atoms with Crippen LogP contribution < -0.4 is 5.32 Å². The Morgan fingerprint density at radius 1 is 0.938 bits per heavy atom. The Kier molecular flexibility index (Phi) is 5.15. The fraction of sp³-hybridized carbons (Fsp3) is 1.00. The van der Waals surface area contributed by atoms with E-state index < -0.39 is 0 Å². The maximum Gasteiger partial charge on any atom is 0.00683 e. The maximum atomic E-state index is 3.73. The number of nitrogens with one attached hydrogen (secondary N) is 1. The van der Waals surface area contributed by atoms with Crippen LogP contribution in [0.4, 0.5) is 0 Å². The molecule has 1 nitrogen and oxygen atoms in total. The fourth-order valence-corrected chi connectivity index (χ4v) is 3.20. The van der Waals surface area contributed by atoms with Gasteiger partial charge in [0.1, 0.15) is 0 Å². The van der Waals surface area contributed by atoms with E-state index in [4.69, 9.17) is 0 Å². The molecule has 94 valence electrons. The van der Waals surface area contributed by atoms with Gasteiger partial charge in [-0.15, -0.1) is 0 Å². The normalized spacial score (nSPS) is 29.8. The third-order valence-corrected chi connectivity index (χ3v) is 4.49. The summed E-state index contributed by atoms with van der Waals surface area (Å²) in [5.41, 5.74) is 0. The summed E-state index contributed by atoms with van der Waals surface area (Å²) in [7, 11) is 0. The van der Waals surface area contributed by atoms with E-state index in [1.807, 2.05) is 0 Å². The molecule has 2 fully saturated rings. The molecule has 16 heavy (non-hydrogen) atoms. The van der Waals surface area contributed by atoms with Crippen LogP contribution in [0.3, 0.4) is 0 Å². The van der Waals surface area contributed by atoms with Crippen molar-refractivity contribution in [2.45, 2.75) is 77.2 Å². The van der Waals surface area contributed by atoms with Gasteiger partial charge in [0.05, 0.1) is 0 Å². The van der Waals surface area contributed by atoms with Crippen molar-refractivity contribution in [3.05, 3.63) is 0 Å². The Balaban J connectivity index is 1.58. The van der Waals surface area contributed by atoms with E-state index in [-0.39, 0.29) is 0 Å². The topological polar surface area (TPSA) is 12.0 Å². The minimum absolute atomic E-state index is 0.904. The van der Waals surface area contributed by atoms with E-state index in [0.717, 1.165) is 17.9 Å². The summed E-state index contributed by atoms with van der Waals surface area (Å²) in [5.74, 6) is 2.07. The van der Waals surface area contributed by atoms with Crippen LogP contribution in [0.25, 0.3) is 0 Å². The van der Waals surface area contributed by atoms with Gasteiger partial charge in [0.2, 0.25) is 0 Å². The van der Waals surface area contributed by atoms with E-state index >= 15 is 0 Å². The van der Waals surface area contributed by atoms with Gasteiger partial charge in [-0.2, -0.15) is 0 Å². The molecule has 0 radical (unpaired) electrons. The summed E-state index contributed by atoms with van der Waals surface area (Å²) < 4.78 is 0. The Morgan fingerprint density at radius 2 is 1.75 bits per heavy atom. The SMILES string of the molecule is CCCCCCC1CCCC1CNC1CC1. The van der Waals surface area contributed by atoms with Gasteiger partial charge >= 0.3 is 0 Å². The van der Waals surface area contributed by atoms with Gasteiger partial charge in [0.15, 0.2) is 0 Å². The first-order chi connectivity index (χ1) is 7.90. The highest BCUT2D eigenvalue weighted by Gasteiger charge is 2.28. The summed E-state index contributed by atoms with van der Waals surface area (Å²) in [6.07, 6.45) is 14.7. The van der Waals surface area contributed by atoms with Gasteiger partial charge in [-0.05, 0) is 37.6 Å². The second kappa shape index (κ2) is 6.64. The molecule has 0 aromatic rings. The molecule has 0 aromatic heterocycles. The highest BCUT2D eigenvalue weighted by Crippen LogP contribution is 2.35. The molecule has 1 N–H and O–H groups in total. The zero-order valence-corrected chi connectivity index (χ0v) is 11.0. The highest BCUT2D eigenvalue weighted by molar-refractivity contribution is 4.85. The number of hydrogen-bond acceptors (Lipinski definition) is 1. The fourth-order valence-electron chi connectivity index (χ4n) is 3.20. The molecule has 0 saturated heterocycles. The number of hydrogen-bond donors (Lipinski definition) is 1. The van der Waals surface area contributed by atoms with Gasteiger partial charge in [0, 0.05) is 6.04 Å². The van der Waals surface area contributed by atoms with Gasteiger partial charge < -0.3 is 5.32 Å². The summed E-state index contributed by atoms with van der Waals surface area (Å²) in [4.78, 5) is 0. The minimum atomic E-state index is 0.904. The Hall–Kier alpha value is -0.0400. The lowest BCUT2D eigenvalue weighted by Gasteiger charge is -2.20. The first-order valence-corrected chi connectivity index (χ1v) is 7.63. The molecular formula is C15H29N. The average Bonchev–Trinajstić information content (AvgIpc) is 3.02. The van der Waals surface area contributed by atoms with Crippen LogP contribution in [0, 0.1) is 11.8 Å². The molecule has 0 bridgehead atoms. The standard InChI is InChI=1S/C15H29N/c1-2-3-4-5-7-13-8-6-9-14(13)12-16-15-10-11-15/h13-16H,2-12H2,1H3. The van der Waals surface area contributed by atoms with Crippen LogP contribution in [-0.4, -0.2) is 12.6 Å². The van der Waals surface area contributed by atoms with Crippen LogP contribution >= 0.6 is 0 Å². The van der Waals surface area contributed by atoms with Crippen molar-refractivity contribution in [1.82, 2.24) is 5.32 Å². The maximum absolute atomic E-state index is 3.73. The third-order valence-electron chi connectivity index (χ3n) is 4.49. The second-order valence-electron chi connectivity index (χ2n) is 5.98. The van der Waals surface area contributed by atoms with Crippen molar-refractivity contribution in [2.24, 2.45) is 11.8 Å². The summed E-state index contributed by atoms with van der Waals surface area (Å²) in [5, 5.41) is 3.73. The van der Waals surface area contributed by atoms with Crippen molar-refractivity contribution >= 4 is 0 Å². The molecule has 2 rings (SSSR count). The van der Waals surface area contributed by atoms with Crippen molar-refractivity contribution in [1.29, 1.82) is 0 Å². The quantitative estimate of drug-likeness (QED) is 0.610. The predicted molar refractivity (Wildman–Crippen MR) is 70.6 cm³/mol. The zero-order valence-electron chi connectivity index (χ0n) is 11.0. The molecule has 2 unspecified atom stereocenters. The molecular weight excluding hydrogens is 194 g/mol. The molecule has 0 aromatic carbocycles. The molecule has 0 aliphatic heterocycles. The molecule has 1 heteroatoms. The van der Waals surface area contributed by atoms with Crippen LogP contribution in [0.15, 0.2) is 0 Å². The summed E-state index contributed by atoms with van der Waals surface area (Å²) in [6, 6.07) is 0.904. The van der Waals surface area contributed by atoms with Gasteiger partial charge in [-0.25, -0.2) is 0 Å². The minimum Gasteiger partial charge on any atom is -0.314 e. The number of rotatable bonds is 8. The van der Waals surface area contributed by atoms with Crippen molar-refractivity contribution in [2.75, 3.05) is 6.54 Å². The van der Waals surface area contributed by atoms with Crippen LogP contribution in [-0.2, 0) is 0 Å². The zero-order chi connectivity index (χ0) is 11.2. The highest BCUT2D eigenvalue weighted by atomic mass is 14.9.